The van der Waals surface area contributed by atoms with E-state index in [0.717, 1.165) is 11.3 Å². The number of benzene rings is 3. The van der Waals surface area contributed by atoms with Gasteiger partial charge >= 0.3 is 0 Å². The van der Waals surface area contributed by atoms with E-state index in [1.165, 1.54) is 11.1 Å². The summed E-state index contributed by atoms with van der Waals surface area (Å²) in [6.45, 7) is 0.470. The van der Waals surface area contributed by atoms with E-state index < -0.39 is 0 Å². The Morgan fingerprint density at radius 3 is 2.04 bits per heavy atom. The van der Waals surface area contributed by atoms with E-state index in [9.17, 15) is 0 Å². The molecule has 0 saturated carbocycles. The Hall–Kier alpha value is -3.44. The van der Waals surface area contributed by atoms with Crippen LogP contribution in [0.5, 0.6) is 5.75 Å². The Labute approximate surface area is 164 Å². The van der Waals surface area contributed by atoms with Gasteiger partial charge in [0, 0.05) is 5.56 Å². The van der Waals surface area contributed by atoms with E-state index >= 15 is 0 Å². The molecule has 0 atom stereocenters. The largest absolute Gasteiger partial charge is 0.497 e. The predicted molar refractivity (Wildman–Crippen MR) is 108 cm³/mol. The van der Waals surface area contributed by atoms with Crippen molar-refractivity contribution in [2.75, 3.05) is 7.11 Å². The first-order valence-electron chi connectivity index (χ1n) is 9.14. The van der Waals surface area contributed by atoms with E-state index in [1.54, 1.807) is 7.11 Å². The molecule has 0 aliphatic heterocycles. The maximum absolute atomic E-state index is 5.44. The zero-order valence-corrected chi connectivity index (χ0v) is 15.6. The molecule has 1 N–H and O–H groups in total. The van der Waals surface area contributed by atoms with E-state index in [4.69, 9.17) is 9.26 Å². The standard InChI is InChI=1S/C23H21N3O2/c1-27-20-14-12-19(13-15-20)23-25-21(28-26-23)16-24-22(17-8-4-2-5-9-17)18-10-6-3-7-11-18/h2-15,22,24H,16H2,1H3. The molecule has 5 heteroatoms. The normalized spacial score (nSPS) is 10.9. The summed E-state index contributed by atoms with van der Waals surface area (Å²) < 4.78 is 10.6. The Morgan fingerprint density at radius 1 is 0.857 bits per heavy atom. The van der Waals surface area contributed by atoms with Gasteiger partial charge in [-0.3, -0.25) is 5.32 Å². The van der Waals surface area contributed by atoms with Crippen LogP contribution in [-0.4, -0.2) is 17.3 Å². The number of ether oxygens (including phenoxy) is 1. The maximum atomic E-state index is 5.44. The summed E-state index contributed by atoms with van der Waals surface area (Å²) in [7, 11) is 1.64. The van der Waals surface area contributed by atoms with Crippen LogP contribution < -0.4 is 10.1 Å². The molecule has 28 heavy (non-hydrogen) atoms. The number of hydrogen-bond acceptors (Lipinski definition) is 5. The molecule has 5 nitrogen and oxygen atoms in total. The van der Waals surface area contributed by atoms with Crippen LogP contribution in [0.2, 0.25) is 0 Å². The monoisotopic (exact) mass is 371 g/mol. The highest BCUT2D eigenvalue weighted by atomic mass is 16.5. The highest BCUT2D eigenvalue weighted by Gasteiger charge is 2.15. The first-order chi connectivity index (χ1) is 13.8. The molecule has 1 aromatic heterocycles. The van der Waals surface area contributed by atoms with Crippen molar-refractivity contribution in [1.82, 2.24) is 15.5 Å². The van der Waals surface area contributed by atoms with Gasteiger partial charge in [-0.25, -0.2) is 0 Å². The molecule has 3 aromatic carbocycles. The highest BCUT2D eigenvalue weighted by molar-refractivity contribution is 5.55. The van der Waals surface area contributed by atoms with Crippen LogP contribution in [0.4, 0.5) is 0 Å². The van der Waals surface area contributed by atoms with Crippen molar-refractivity contribution in [2.45, 2.75) is 12.6 Å². The van der Waals surface area contributed by atoms with Crippen LogP contribution in [0.25, 0.3) is 11.4 Å². The second-order valence-electron chi connectivity index (χ2n) is 6.38. The van der Waals surface area contributed by atoms with Crippen molar-refractivity contribution < 1.29 is 9.26 Å². The van der Waals surface area contributed by atoms with Gasteiger partial charge in [-0.2, -0.15) is 4.98 Å². The molecule has 0 bridgehead atoms. The first kappa shape index (κ1) is 17.9. The summed E-state index contributed by atoms with van der Waals surface area (Å²) in [5.41, 5.74) is 3.26. The lowest BCUT2D eigenvalue weighted by Crippen LogP contribution is -2.22. The third-order valence-corrected chi connectivity index (χ3v) is 4.54. The molecule has 140 valence electrons. The summed E-state index contributed by atoms with van der Waals surface area (Å²) >= 11 is 0. The van der Waals surface area contributed by atoms with E-state index in [2.05, 4.69) is 39.7 Å². The average molecular weight is 371 g/mol. The van der Waals surface area contributed by atoms with Crippen molar-refractivity contribution in [1.29, 1.82) is 0 Å². The molecule has 0 aliphatic rings. The van der Waals surface area contributed by atoms with Crippen LogP contribution in [0.15, 0.2) is 89.5 Å². The summed E-state index contributed by atoms with van der Waals surface area (Å²) in [6, 6.07) is 28.3. The van der Waals surface area contributed by atoms with Gasteiger partial charge in [0.25, 0.3) is 0 Å². The van der Waals surface area contributed by atoms with Crippen molar-refractivity contribution in [3.63, 3.8) is 0 Å². The number of aromatic nitrogens is 2. The molecule has 0 fully saturated rings. The minimum Gasteiger partial charge on any atom is -0.497 e. The third-order valence-electron chi connectivity index (χ3n) is 4.54. The third kappa shape index (κ3) is 4.10. The smallest absolute Gasteiger partial charge is 0.240 e. The lowest BCUT2D eigenvalue weighted by molar-refractivity contribution is 0.363. The van der Waals surface area contributed by atoms with Crippen LogP contribution in [0.3, 0.4) is 0 Å². The van der Waals surface area contributed by atoms with Gasteiger partial charge in [0.05, 0.1) is 19.7 Å². The first-order valence-corrected chi connectivity index (χ1v) is 9.14. The zero-order valence-electron chi connectivity index (χ0n) is 15.6. The summed E-state index contributed by atoms with van der Waals surface area (Å²) in [4.78, 5) is 4.51. The van der Waals surface area contributed by atoms with Crippen LogP contribution >= 0.6 is 0 Å². The van der Waals surface area contributed by atoms with Gasteiger partial charge in [0.15, 0.2) is 0 Å². The molecule has 4 aromatic rings. The lowest BCUT2D eigenvalue weighted by atomic mass is 9.99. The second kappa shape index (κ2) is 8.50. The number of nitrogens with zero attached hydrogens (tertiary/aromatic N) is 2. The molecule has 1 heterocycles. The molecule has 0 unspecified atom stereocenters. The lowest BCUT2D eigenvalue weighted by Gasteiger charge is -2.18. The molecule has 0 radical (unpaired) electrons. The summed E-state index contributed by atoms with van der Waals surface area (Å²) in [5.74, 6) is 1.90. The summed E-state index contributed by atoms with van der Waals surface area (Å²) in [6.07, 6.45) is 0. The Bertz CT molecular complexity index is 959. The Kier molecular flexibility index (Phi) is 5.45. The van der Waals surface area contributed by atoms with Crippen molar-refractivity contribution in [3.8, 4) is 17.1 Å². The summed E-state index contributed by atoms with van der Waals surface area (Å²) in [5, 5.41) is 7.63. The van der Waals surface area contributed by atoms with Crippen molar-refractivity contribution in [3.05, 3.63) is 102 Å². The van der Waals surface area contributed by atoms with E-state index in [-0.39, 0.29) is 6.04 Å². The molecular weight excluding hydrogens is 350 g/mol. The average Bonchev–Trinajstić information content (AvgIpc) is 3.24. The van der Waals surface area contributed by atoms with Gasteiger partial charge in [0.2, 0.25) is 11.7 Å². The Morgan fingerprint density at radius 2 is 1.46 bits per heavy atom. The number of rotatable bonds is 7. The molecule has 0 aliphatic carbocycles. The number of hydrogen-bond donors (Lipinski definition) is 1. The fraction of sp³-hybridized carbons (Fsp3) is 0.130. The SMILES string of the molecule is COc1ccc(-c2noc(CNC(c3ccccc3)c3ccccc3)n2)cc1. The van der Waals surface area contributed by atoms with Crippen LogP contribution in [0, 0.1) is 0 Å². The fourth-order valence-corrected chi connectivity index (χ4v) is 3.09. The minimum atomic E-state index is 0.0405. The molecular formula is C23H21N3O2. The van der Waals surface area contributed by atoms with Gasteiger partial charge in [0.1, 0.15) is 5.75 Å². The van der Waals surface area contributed by atoms with Crippen LogP contribution in [-0.2, 0) is 6.54 Å². The quantitative estimate of drug-likeness (QED) is 0.513. The predicted octanol–water partition coefficient (Wildman–Crippen LogP) is 4.62. The van der Waals surface area contributed by atoms with Crippen molar-refractivity contribution >= 4 is 0 Å². The Balaban J connectivity index is 1.51. The second-order valence-corrected chi connectivity index (χ2v) is 6.38. The highest BCUT2D eigenvalue weighted by Crippen LogP contribution is 2.23. The van der Waals surface area contributed by atoms with Crippen molar-refractivity contribution in [2.24, 2.45) is 0 Å². The molecule has 0 saturated heterocycles. The van der Waals surface area contributed by atoms with Crippen LogP contribution in [0.1, 0.15) is 23.1 Å². The zero-order chi connectivity index (χ0) is 19.2. The topological polar surface area (TPSA) is 60.2 Å². The van der Waals surface area contributed by atoms with Gasteiger partial charge in [-0.1, -0.05) is 65.8 Å². The molecule has 4 rings (SSSR count). The van der Waals surface area contributed by atoms with Gasteiger partial charge < -0.3 is 9.26 Å². The number of methoxy groups -OCH3 is 1. The van der Waals surface area contributed by atoms with Gasteiger partial charge in [-0.05, 0) is 35.4 Å². The van der Waals surface area contributed by atoms with E-state index in [0.29, 0.717) is 18.3 Å². The maximum Gasteiger partial charge on any atom is 0.240 e. The number of nitrogens with one attached hydrogen (secondary N) is 1. The van der Waals surface area contributed by atoms with E-state index in [1.807, 2.05) is 60.7 Å². The molecule has 0 spiro atoms. The van der Waals surface area contributed by atoms with Gasteiger partial charge in [-0.15, -0.1) is 0 Å². The molecule has 0 amide bonds. The fourth-order valence-electron chi connectivity index (χ4n) is 3.09. The minimum absolute atomic E-state index is 0.0405.